The van der Waals surface area contributed by atoms with Crippen LogP contribution in [-0.4, -0.2) is 9.97 Å². The van der Waals surface area contributed by atoms with Crippen molar-refractivity contribution in [2.75, 3.05) is 5.73 Å². The fraction of sp³-hybridized carbons (Fsp3) is 0. The van der Waals surface area contributed by atoms with Crippen LogP contribution in [0.15, 0.2) is 54.9 Å². The van der Waals surface area contributed by atoms with Gasteiger partial charge in [-0.25, -0.2) is 4.98 Å². The Morgan fingerprint density at radius 3 is 2.41 bits per heavy atom. The molecule has 2 N–H and O–H groups in total. The van der Waals surface area contributed by atoms with E-state index in [1.54, 1.807) is 12.4 Å². The molecule has 0 spiro atoms. The third-order valence-electron chi connectivity index (χ3n) is 2.72. The lowest BCUT2D eigenvalue weighted by molar-refractivity contribution is 1.22. The molecule has 17 heavy (non-hydrogen) atoms. The van der Waals surface area contributed by atoms with Crippen LogP contribution in [-0.2, 0) is 0 Å². The summed E-state index contributed by atoms with van der Waals surface area (Å²) in [7, 11) is 0. The van der Waals surface area contributed by atoms with E-state index in [0.717, 1.165) is 11.3 Å². The van der Waals surface area contributed by atoms with Gasteiger partial charge in [0, 0.05) is 5.56 Å². The van der Waals surface area contributed by atoms with E-state index < -0.39 is 0 Å². The van der Waals surface area contributed by atoms with E-state index in [1.807, 2.05) is 18.2 Å². The van der Waals surface area contributed by atoms with Crippen LogP contribution in [0.5, 0.6) is 0 Å². The van der Waals surface area contributed by atoms with Crippen LogP contribution < -0.4 is 5.73 Å². The first-order chi connectivity index (χ1) is 8.33. The number of hydrogen-bond donors (Lipinski definition) is 1. The molecule has 0 amide bonds. The fourth-order valence-corrected chi connectivity index (χ4v) is 1.84. The minimum Gasteiger partial charge on any atom is -0.382 e. The van der Waals surface area contributed by atoms with Gasteiger partial charge in [0.2, 0.25) is 0 Å². The molecule has 2 aromatic carbocycles. The molecule has 0 saturated heterocycles. The molecule has 0 fully saturated rings. The zero-order chi connectivity index (χ0) is 11.7. The Balaban J connectivity index is 2.14. The summed E-state index contributed by atoms with van der Waals surface area (Å²) in [4.78, 5) is 8.32. The molecule has 0 aliphatic carbocycles. The molecular formula is C14H11N3. The number of rotatable bonds is 1. The van der Waals surface area contributed by atoms with Gasteiger partial charge in [-0.2, -0.15) is 0 Å². The van der Waals surface area contributed by atoms with Gasteiger partial charge in [-0.3, -0.25) is 4.98 Å². The van der Waals surface area contributed by atoms with Gasteiger partial charge in [0.15, 0.2) is 0 Å². The van der Waals surface area contributed by atoms with Gasteiger partial charge < -0.3 is 5.73 Å². The van der Waals surface area contributed by atoms with Crippen molar-refractivity contribution in [3.63, 3.8) is 0 Å². The fourth-order valence-electron chi connectivity index (χ4n) is 1.84. The topological polar surface area (TPSA) is 51.8 Å². The van der Waals surface area contributed by atoms with E-state index in [1.165, 1.54) is 10.8 Å². The van der Waals surface area contributed by atoms with Crippen LogP contribution in [0.25, 0.3) is 22.0 Å². The maximum Gasteiger partial charge on any atom is 0.141 e. The lowest BCUT2D eigenvalue weighted by Gasteiger charge is -2.03. The van der Waals surface area contributed by atoms with Gasteiger partial charge >= 0.3 is 0 Å². The molecule has 0 aliphatic heterocycles. The van der Waals surface area contributed by atoms with E-state index in [2.05, 4.69) is 34.2 Å². The Labute approximate surface area is 98.9 Å². The summed E-state index contributed by atoms with van der Waals surface area (Å²) in [5.41, 5.74) is 7.41. The molecule has 0 bridgehead atoms. The van der Waals surface area contributed by atoms with Gasteiger partial charge in [-0.05, 0) is 16.8 Å². The molecular weight excluding hydrogens is 210 g/mol. The molecule has 82 valence electrons. The smallest absolute Gasteiger partial charge is 0.141 e. The first-order valence-electron chi connectivity index (χ1n) is 5.40. The van der Waals surface area contributed by atoms with Crippen molar-refractivity contribution in [2.24, 2.45) is 0 Å². The third-order valence-corrected chi connectivity index (χ3v) is 2.72. The minimum absolute atomic E-state index is 0.439. The van der Waals surface area contributed by atoms with Crippen molar-refractivity contribution in [3.05, 3.63) is 54.9 Å². The molecule has 3 aromatic rings. The van der Waals surface area contributed by atoms with Crippen molar-refractivity contribution in [3.8, 4) is 11.3 Å². The van der Waals surface area contributed by atoms with E-state index >= 15 is 0 Å². The SMILES string of the molecule is Nc1cnc(-c2ccc3ccccc3c2)cn1. The first-order valence-corrected chi connectivity index (χ1v) is 5.40. The Morgan fingerprint density at radius 2 is 1.65 bits per heavy atom. The van der Waals surface area contributed by atoms with Crippen LogP contribution in [0.1, 0.15) is 0 Å². The summed E-state index contributed by atoms with van der Waals surface area (Å²) >= 11 is 0. The summed E-state index contributed by atoms with van der Waals surface area (Å²) in [6.07, 6.45) is 3.27. The standard InChI is InChI=1S/C14H11N3/c15-14-9-16-13(8-17-14)12-6-5-10-3-1-2-4-11(10)7-12/h1-9H,(H2,15,17). The molecule has 1 heterocycles. The van der Waals surface area contributed by atoms with Gasteiger partial charge in [0.1, 0.15) is 5.82 Å². The maximum atomic E-state index is 5.52. The number of anilines is 1. The molecule has 0 atom stereocenters. The highest BCUT2D eigenvalue weighted by Crippen LogP contribution is 2.22. The van der Waals surface area contributed by atoms with Crippen LogP contribution in [0.3, 0.4) is 0 Å². The van der Waals surface area contributed by atoms with Gasteiger partial charge in [0.25, 0.3) is 0 Å². The number of nitrogen functional groups attached to an aromatic ring is 1. The summed E-state index contributed by atoms with van der Waals surface area (Å²) in [6, 6.07) is 14.5. The Bertz CT molecular complexity index is 660. The predicted octanol–water partition coefficient (Wildman–Crippen LogP) is 2.88. The molecule has 3 rings (SSSR count). The minimum atomic E-state index is 0.439. The Kier molecular flexibility index (Phi) is 2.22. The van der Waals surface area contributed by atoms with E-state index in [9.17, 15) is 0 Å². The summed E-state index contributed by atoms with van der Waals surface area (Å²) in [5, 5.41) is 2.42. The Morgan fingerprint density at radius 1 is 0.824 bits per heavy atom. The van der Waals surface area contributed by atoms with Crippen molar-refractivity contribution in [1.29, 1.82) is 0 Å². The van der Waals surface area contributed by atoms with Crippen molar-refractivity contribution >= 4 is 16.6 Å². The lowest BCUT2D eigenvalue weighted by atomic mass is 10.1. The molecule has 0 aliphatic rings. The third kappa shape index (κ3) is 1.83. The number of nitrogens with zero attached hydrogens (tertiary/aromatic N) is 2. The van der Waals surface area contributed by atoms with Crippen molar-refractivity contribution in [1.82, 2.24) is 9.97 Å². The van der Waals surface area contributed by atoms with E-state index in [4.69, 9.17) is 5.73 Å². The van der Waals surface area contributed by atoms with Crippen LogP contribution in [0.4, 0.5) is 5.82 Å². The number of aromatic nitrogens is 2. The van der Waals surface area contributed by atoms with E-state index in [0.29, 0.717) is 5.82 Å². The molecule has 0 radical (unpaired) electrons. The average Bonchev–Trinajstić information content (AvgIpc) is 2.39. The van der Waals surface area contributed by atoms with Gasteiger partial charge in [0.05, 0.1) is 18.1 Å². The molecule has 3 heteroatoms. The highest BCUT2D eigenvalue weighted by Gasteiger charge is 2.01. The highest BCUT2D eigenvalue weighted by molar-refractivity contribution is 5.86. The molecule has 0 saturated carbocycles. The predicted molar refractivity (Wildman–Crippen MR) is 69.4 cm³/mol. The zero-order valence-electron chi connectivity index (χ0n) is 9.17. The summed E-state index contributed by atoms with van der Waals surface area (Å²) in [5.74, 6) is 0.439. The average molecular weight is 221 g/mol. The highest BCUT2D eigenvalue weighted by atomic mass is 14.9. The Hall–Kier alpha value is -2.42. The maximum absolute atomic E-state index is 5.52. The molecule has 3 nitrogen and oxygen atoms in total. The summed E-state index contributed by atoms with van der Waals surface area (Å²) in [6.45, 7) is 0. The quantitative estimate of drug-likeness (QED) is 0.687. The number of nitrogens with two attached hydrogens (primary N) is 1. The lowest BCUT2D eigenvalue weighted by Crippen LogP contribution is -1.92. The number of fused-ring (bicyclic) bond motifs is 1. The second kappa shape index (κ2) is 3.87. The number of benzene rings is 2. The first kappa shape index (κ1) is 9.78. The normalized spacial score (nSPS) is 10.6. The van der Waals surface area contributed by atoms with Crippen LogP contribution in [0.2, 0.25) is 0 Å². The largest absolute Gasteiger partial charge is 0.382 e. The zero-order valence-corrected chi connectivity index (χ0v) is 9.17. The van der Waals surface area contributed by atoms with Crippen LogP contribution in [0, 0.1) is 0 Å². The van der Waals surface area contributed by atoms with E-state index in [-0.39, 0.29) is 0 Å². The van der Waals surface area contributed by atoms with Crippen LogP contribution >= 0.6 is 0 Å². The monoisotopic (exact) mass is 221 g/mol. The summed E-state index contributed by atoms with van der Waals surface area (Å²) < 4.78 is 0. The van der Waals surface area contributed by atoms with Gasteiger partial charge in [-0.1, -0.05) is 36.4 Å². The molecule has 1 aromatic heterocycles. The van der Waals surface area contributed by atoms with Crippen molar-refractivity contribution < 1.29 is 0 Å². The molecule has 0 unspecified atom stereocenters. The number of hydrogen-bond acceptors (Lipinski definition) is 3. The van der Waals surface area contributed by atoms with Crippen molar-refractivity contribution in [2.45, 2.75) is 0 Å². The van der Waals surface area contributed by atoms with Gasteiger partial charge in [-0.15, -0.1) is 0 Å². The second-order valence-corrected chi connectivity index (χ2v) is 3.89. The second-order valence-electron chi connectivity index (χ2n) is 3.89.